The Labute approximate surface area is 114 Å². The lowest BCUT2D eigenvalue weighted by Gasteiger charge is -2.37. The van der Waals surface area contributed by atoms with E-state index in [-0.39, 0.29) is 12.8 Å². The molecule has 1 unspecified atom stereocenters. The van der Waals surface area contributed by atoms with Gasteiger partial charge in [0.25, 0.3) is 0 Å². The van der Waals surface area contributed by atoms with Crippen molar-refractivity contribution in [3.63, 3.8) is 0 Å². The summed E-state index contributed by atoms with van der Waals surface area (Å²) >= 11 is 1.23. The number of hydrogen-bond donors (Lipinski definition) is 1. The van der Waals surface area contributed by atoms with Gasteiger partial charge in [-0.1, -0.05) is 19.9 Å². The lowest BCUT2D eigenvalue weighted by Crippen LogP contribution is -2.49. The molecule has 1 fully saturated rings. The van der Waals surface area contributed by atoms with Crippen LogP contribution in [0.2, 0.25) is 0 Å². The molecule has 1 aliphatic rings. The summed E-state index contributed by atoms with van der Waals surface area (Å²) in [6.45, 7) is 3.67. The number of hydrogen-bond acceptors (Lipinski definition) is 4. The topological polar surface area (TPSA) is 74.7 Å². The molecule has 0 radical (unpaired) electrons. The maximum absolute atomic E-state index is 12.1. The number of likely N-dealkylation sites (tertiary alicyclic amines) is 1. The molecular weight excluding hydrogens is 266 g/mol. The van der Waals surface area contributed by atoms with E-state index in [0.717, 1.165) is 4.90 Å². The molecule has 2 amide bonds. The summed E-state index contributed by atoms with van der Waals surface area (Å²) < 4.78 is 0. The molecule has 0 bridgehead atoms. The first-order chi connectivity index (χ1) is 8.82. The standard InChI is InChI=1S/C13H15NO4S/c1-13(2)6-9(15)14(10(16)7-13)11(12(17)18)8-4-3-5-19-8/h3-5,11H,6-7H2,1-2H3,(H,17,18). The maximum Gasteiger partial charge on any atom is 0.332 e. The number of rotatable bonds is 3. The number of thiophene rings is 1. The van der Waals surface area contributed by atoms with E-state index in [4.69, 9.17) is 0 Å². The highest BCUT2D eigenvalue weighted by Gasteiger charge is 2.44. The van der Waals surface area contributed by atoms with E-state index in [2.05, 4.69) is 0 Å². The molecule has 1 saturated heterocycles. The first-order valence-electron chi connectivity index (χ1n) is 5.93. The van der Waals surface area contributed by atoms with Crippen LogP contribution in [0.15, 0.2) is 17.5 Å². The van der Waals surface area contributed by atoms with Crippen LogP contribution >= 0.6 is 11.3 Å². The Morgan fingerprint density at radius 1 is 1.37 bits per heavy atom. The van der Waals surface area contributed by atoms with Crippen molar-refractivity contribution in [1.29, 1.82) is 0 Å². The lowest BCUT2D eigenvalue weighted by atomic mass is 9.81. The number of carbonyl (C=O) groups excluding carboxylic acids is 2. The molecule has 2 rings (SSSR count). The zero-order chi connectivity index (χ0) is 14.2. The number of nitrogens with zero attached hydrogens (tertiary/aromatic N) is 1. The minimum absolute atomic E-state index is 0.188. The van der Waals surface area contributed by atoms with Crippen molar-refractivity contribution in [1.82, 2.24) is 4.90 Å². The zero-order valence-corrected chi connectivity index (χ0v) is 11.6. The van der Waals surface area contributed by atoms with Crippen LogP contribution in [-0.4, -0.2) is 27.8 Å². The van der Waals surface area contributed by atoms with Crippen LogP contribution in [-0.2, 0) is 14.4 Å². The fourth-order valence-electron chi connectivity index (χ4n) is 2.28. The predicted octanol–water partition coefficient (Wildman–Crippen LogP) is 2.05. The third-order valence-electron chi connectivity index (χ3n) is 3.10. The summed E-state index contributed by atoms with van der Waals surface area (Å²) in [4.78, 5) is 37.0. The summed E-state index contributed by atoms with van der Waals surface area (Å²) in [5.41, 5.74) is -0.400. The zero-order valence-electron chi connectivity index (χ0n) is 10.8. The third-order valence-corrected chi connectivity index (χ3v) is 4.03. The van der Waals surface area contributed by atoms with E-state index >= 15 is 0 Å². The summed E-state index contributed by atoms with van der Waals surface area (Å²) in [7, 11) is 0. The van der Waals surface area contributed by atoms with Crippen LogP contribution in [0.4, 0.5) is 0 Å². The molecule has 0 saturated carbocycles. The molecular formula is C13H15NO4S. The van der Waals surface area contributed by atoms with Gasteiger partial charge in [-0.05, 0) is 16.9 Å². The fraction of sp³-hybridized carbons (Fsp3) is 0.462. The van der Waals surface area contributed by atoms with Gasteiger partial charge in [-0.15, -0.1) is 11.3 Å². The van der Waals surface area contributed by atoms with Crippen LogP contribution in [0.25, 0.3) is 0 Å². The molecule has 1 aromatic heterocycles. The molecule has 19 heavy (non-hydrogen) atoms. The molecule has 2 heterocycles. The highest BCUT2D eigenvalue weighted by atomic mass is 32.1. The Kier molecular flexibility index (Phi) is 3.45. The molecule has 0 aromatic carbocycles. The van der Waals surface area contributed by atoms with Crippen LogP contribution in [0, 0.1) is 5.41 Å². The normalized spacial score (nSPS) is 20.4. The Hall–Kier alpha value is -1.69. The minimum Gasteiger partial charge on any atom is -0.479 e. The number of piperidine rings is 1. The van der Waals surface area contributed by atoms with Crippen molar-refractivity contribution >= 4 is 29.1 Å². The first-order valence-corrected chi connectivity index (χ1v) is 6.81. The summed E-state index contributed by atoms with van der Waals surface area (Å²) in [6, 6.07) is 2.14. The number of carboxylic acid groups (broad SMARTS) is 1. The third kappa shape index (κ3) is 2.68. The number of aliphatic carboxylic acids is 1. The number of imide groups is 1. The maximum atomic E-state index is 12.1. The number of carbonyl (C=O) groups is 3. The predicted molar refractivity (Wildman–Crippen MR) is 69.6 cm³/mol. The van der Waals surface area contributed by atoms with Gasteiger partial charge in [0.1, 0.15) is 0 Å². The first kappa shape index (κ1) is 13.7. The molecule has 1 N–H and O–H groups in total. The molecule has 6 heteroatoms. The Morgan fingerprint density at radius 3 is 2.37 bits per heavy atom. The summed E-state index contributed by atoms with van der Waals surface area (Å²) in [5.74, 6) is -2.01. The molecule has 0 aliphatic carbocycles. The van der Waals surface area contributed by atoms with Crippen molar-refractivity contribution in [2.24, 2.45) is 5.41 Å². The van der Waals surface area contributed by atoms with Crippen LogP contribution in [0.3, 0.4) is 0 Å². The van der Waals surface area contributed by atoms with Crippen LogP contribution in [0.1, 0.15) is 37.6 Å². The second-order valence-corrected chi connectivity index (χ2v) is 6.41. The fourth-order valence-corrected chi connectivity index (χ4v) is 3.09. The van der Waals surface area contributed by atoms with Gasteiger partial charge in [-0.25, -0.2) is 4.79 Å². The average Bonchev–Trinajstić information content (AvgIpc) is 2.73. The van der Waals surface area contributed by atoms with Gasteiger partial charge in [0.05, 0.1) is 0 Å². The van der Waals surface area contributed by atoms with Crippen molar-refractivity contribution < 1.29 is 19.5 Å². The van der Waals surface area contributed by atoms with Gasteiger partial charge in [0, 0.05) is 17.7 Å². The smallest absolute Gasteiger partial charge is 0.332 e. The molecule has 1 atom stereocenters. The summed E-state index contributed by atoms with van der Waals surface area (Å²) in [5, 5.41) is 11.1. The van der Waals surface area contributed by atoms with E-state index in [9.17, 15) is 19.5 Å². The van der Waals surface area contributed by atoms with Crippen molar-refractivity contribution in [2.45, 2.75) is 32.7 Å². The monoisotopic (exact) mass is 281 g/mol. The van der Waals surface area contributed by atoms with E-state index in [1.54, 1.807) is 17.5 Å². The van der Waals surface area contributed by atoms with Gasteiger partial charge in [0.2, 0.25) is 11.8 Å². The summed E-state index contributed by atoms with van der Waals surface area (Å²) in [6.07, 6.45) is 0.377. The SMILES string of the molecule is CC1(C)CC(=O)N(C(C(=O)O)c2cccs2)C(=O)C1. The van der Waals surface area contributed by atoms with Gasteiger partial charge in [-0.2, -0.15) is 0 Å². The second-order valence-electron chi connectivity index (χ2n) is 5.43. The molecule has 102 valence electrons. The number of amides is 2. The highest BCUT2D eigenvalue weighted by molar-refractivity contribution is 7.10. The van der Waals surface area contributed by atoms with Gasteiger partial charge < -0.3 is 5.11 Å². The van der Waals surface area contributed by atoms with E-state index in [1.807, 2.05) is 13.8 Å². The average molecular weight is 281 g/mol. The van der Waals surface area contributed by atoms with Crippen molar-refractivity contribution in [2.75, 3.05) is 0 Å². The van der Waals surface area contributed by atoms with Gasteiger partial charge in [-0.3, -0.25) is 14.5 Å². The lowest BCUT2D eigenvalue weighted by molar-refractivity contribution is -0.163. The van der Waals surface area contributed by atoms with E-state index in [1.165, 1.54) is 11.3 Å². The molecule has 1 aromatic rings. The quantitative estimate of drug-likeness (QED) is 0.860. The minimum atomic E-state index is -1.20. The van der Waals surface area contributed by atoms with Crippen molar-refractivity contribution in [3.05, 3.63) is 22.4 Å². The largest absolute Gasteiger partial charge is 0.479 e. The Balaban J connectivity index is 2.36. The Morgan fingerprint density at radius 2 is 1.95 bits per heavy atom. The van der Waals surface area contributed by atoms with Crippen LogP contribution in [0.5, 0.6) is 0 Å². The molecule has 1 aliphatic heterocycles. The second kappa shape index (κ2) is 4.77. The van der Waals surface area contributed by atoms with Gasteiger partial charge in [0.15, 0.2) is 6.04 Å². The van der Waals surface area contributed by atoms with Crippen molar-refractivity contribution in [3.8, 4) is 0 Å². The molecule has 5 nitrogen and oxygen atoms in total. The number of carboxylic acids is 1. The van der Waals surface area contributed by atoms with Crippen LogP contribution < -0.4 is 0 Å². The van der Waals surface area contributed by atoms with Gasteiger partial charge >= 0.3 is 5.97 Å². The highest BCUT2D eigenvalue weighted by Crippen LogP contribution is 2.36. The van der Waals surface area contributed by atoms with E-state index in [0.29, 0.717) is 4.88 Å². The molecule has 0 spiro atoms. The Bertz CT molecular complexity index is 501. The van der Waals surface area contributed by atoms with E-state index < -0.39 is 29.2 Å².